The minimum atomic E-state index is -1.09. The number of aromatic carboxylic acids is 1. The average Bonchev–Trinajstić information content (AvgIpc) is 3.31. The van der Waals surface area contributed by atoms with Crippen LogP contribution in [0.3, 0.4) is 0 Å². The van der Waals surface area contributed by atoms with Crippen molar-refractivity contribution in [1.82, 2.24) is 25.2 Å². The van der Waals surface area contributed by atoms with E-state index in [2.05, 4.69) is 20.5 Å². The Kier molecular flexibility index (Phi) is 4.02. The number of aryl methyl sites for hydroxylation is 1. The Morgan fingerprint density at radius 2 is 1.88 bits per heavy atom. The second-order valence-electron chi connectivity index (χ2n) is 5.56. The fraction of sp³-hybridized carbons (Fsp3) is 0.0556. The third-order valence-electron chi connectivity index (χ3n) is 3.86. The maximum absolute atomic E-state index is 11.4. The molecule has 0 aliphatic carbocycles. The summed E-state index contributed by atoms with van der Waals surface area (Å²) in [6, 6.07) is 15.6. The van der Waals surface area contributed by atoms with E-state index in [-0.39, 0.29) is 5.69 Å². The summed E-state index contributed by atoms with van der Waals surface area (Å²) in [5.41, 5.74) is 3.49. The zero-order valence-electron chi connectivity index (χ0n) is 13.7. The summed E-state index contributed by atoms with van der Waals surface area (Å²) >= 11 is 1.48. The Bertz CT molecular complexity index is 1090. The zero-order valence-corrected chi connectivity index (χ0v) is 14.5. The number of nitrogens with zero attached hydrogens (tertiary/aromatic N) is 5. The highest BCUT2D eigenvalue weighted by Gasteiger charge is 2.17. The molecular formula is C18H13N5O2S. The van der Waals surface area contributed by atoms with Gasteiger partial charge in [0.05, 0.1) is 11.9 Å². The monoisotopic (exact) mass is 363 g/mol. The maximum atomic E-state index is 11.4. The van der Waals surface area contributed by atoms with E-state index in [1.807, 2.05) is 55.5 Å². The molecule has 0 unspecified atom stereocenters. The van der Waals surface area contributed by atoms with E-state index in [0.717, 1.165) is 26.7 Å². The summed E-state index contributed by atoms with van der Waals surface area (Å²) < 4.78 is 1.30. The van der Waals surface area contributed by atoms with Crippen molar-refractivity contribution in [3.63, 3.8) is 0 Å². The Hall–Kier alpha value is -3.39. The van der Waals surface area contributed by atoms with E-state index in [0.29, 0.717) is 5.69 Å². The van der Waals surface area contributed by atoms with Crippen LogP contribution in [0.5, 0.6) is 0 Å². The molecule has 0 aliphatic heterocycles. The number of carboxylic acids is 1. The van der Waals surface area contributed by atoms with Crippen molar-refractivity contribution in [3.8, 4) is 27.4 Å². The van der Waals surface area contributed by atoms with Crippen molar-refractivity contribution in [2.45, 2.75) is 6.92 Å². The van der Waals surface area contributed by atoms with E-state index < -0.39 is 5.97 Å². The second-order valence-corrected chi connectivity index (χ2v) is 6.74. The summed E-state index contributed by atoms with van der Waals surface area (Å²) in [5.74, 6) is -1.09. The minimum absolute atomic E-state index is 0.00291. The van der Waals surface area contributed by atoms with Crippen LogP contribution in [0.15, 0.2) is 54.7 Å². The van der Waals surface area contributed by atoms with Gasteiger partial charge in [-0.15, -0.1) is 15.3 Å². The van der Waals surface area contributed by atoms with E-state index in [1.54, 1.807) is 0 Å². The highest BCUT2D eigenvalue weighted by atomic mass is 32.1. The van der Waals surface area contributed by atoms with Gasteiger partial charge in [-0.25, -0.2) is 9.48 Å². The van der Waals surface area contributed by atoms with E-state index in [1.165, 1.54) is 22.2 Å². The molecule has 8 heteroatoms. The number of hydrogen-bond donors (Lipinski definition) is 1. The number of hydrogen-bond acceptors (Lipinski definition) is 6. The Balaban J connectivity index is 1.92. The first kappa shape index (κ1) is 16.1. The SMILES string of the molecule is Cc1nnc(-c2cc(-n3nncc3C(=O)O)ccc2-c2ccccc2)s1. The fourth-order valence-electron chi connectivity index (χ4n) is 2.69. The summed E-state index contributed by atoms with van der Waals surface area (Å²) in [6.45, 7) is 1.90. The van der Waals surface area contributed by atoms with Crippen LogP contribution in [0.25, 0.3) is 27.4 Å². The number of rotatable bonds is 4. The van der Waals surface area contributed by atoms with Gasteiger partial charge < -0.3 is 5.11 Å². The molecule has 1 N–H and O–H groups in total. The van der Waals surface area contributed by atoms with Crippen molar-refractivity contribution in [2.75, 3.05) is 0 Å². The Morgan fingerprint density at radius 3 is 2.58 bits per heavy atom. The molecule has 0 amide bonds. The predicted molar refractivity (Wildman–Crippen MR) is 97.4 cm³/mol. The lowest BCUT2D eigenvalue weighted by molar-refractivity contribution is 0.0687. The van der Waals surface area contributed by atoms with Gasteiger partial charge in [0.2, 0.25) is 0 Å². The summed E-state index contributed by atoms with van der Waals surface area (Å²) in [5, 5.41) is 26.9. The van der Waals surface area contributed by atoms with Crippen molar-refractivity contribution >= 4 is 17.3 Å². The molecule has 0 saturated carbocycles. The fourth-order valence-corrected chi connectivity index (χ4v) is 3.41. The molecule has 4 aromatic rings. The molecule has 0 saturated heterocycles. The predicted octanol–water partition coefficient (Wildman–Crippen LogP) is 3.46. The van der Waals surface area contributed by atoms with E-state index in [4.69, 9.17) is 0 Å². The summed E-state index contributed by atoms with van der Waals surface area (Å²) in [4.78, 5) is 11.4. The van der Waals surface area contributed by atoms with Crippen LogP contribution in [0.2, 0.25) is 0 Å². The molecule has 0 aliphatic rings. The van der Waals surface area contributed by atoms with Gasteiger partial charge in [0.25, 0.3) is 0 Å². The van der Waals surface area contributed by atoms with Gasteiger partial charge >= 0.3 is 5.97 Å². The quantitative estimate of drug-likeness (QED) is 0.597. The van der Waals surface area contributed by atoms with Gasteiger partial charge in [0, 0.05) is 5.56 Å². The third-order valence-corrected chi connectivity index (χ3v) is 4.73. The average molecular weight is 363 g/mol. The van der Waals surface area contributed by atoms with Gasteiger partial charge in [-0.2, -0.15) is 0 Å². The van der Waals surface area contributed by atoms with Crippen LogP contribution in [-0.4, -0.2) is 36.3 Å². The normalized spacial score (nSPS) is 10.8. The van der Waals surface area contributed by atoms with Gasteiger partial charge in [-0.3, -0.25) is 0 Å². The largest absolute Gasteiger partial charge is 0.476 e. The van der Waals surface area contributed by atoms with Crippen molar-refractivity contribution in [2.24, 2.45) is 0 Å². The highest BCUT2D eigenvalue weighted by Crippen LogP contribution is 2.35. The van der Waals surface area contributed by atoms with Crippen LogP contribution >= 0.6 is 11.3 Å². The van der Waals surface area contributed by atoms with E-state index in [9.17, 15) is 9.90 Å². The highest BCUT2D eigenvalue weighted by molar-refractivity contribution is 7.14. The Labute approximate surface area is 152 Å². The van der Waals surface area contributed by atoms with Gasteiger partial charge in [-0.05, 0) is 30.2 Å². The molecule has 0 radical (unpaired) electrons. The van der Waals surface area contributed by atoms with Gasteiger partial charge in [0.1, 0.15) is 10.0 Å². The summed E-state index contributed by atoms with van der Waals surface area (Å²) in [7, 11) is 0. The number of carboxylic acid groups (broad SMARTS) is 1. The zero-order chi connectivity index (χ0) is 18.1. The second kappa shape index (κ2) is 6.49. The smallest absolute Gasteiger partial charge is 0.356 e. The molecule has 128 valence electrons. The van der Waals surface area contributed by atoms with Crippen LogP contribution in [0, 0.1) is 6.92 Å². The standard InChI is InChI=1S/C18H13N5O2S/c1-11-20-21-17(26-11)15-9-13(23-16(18(24)25)10-19-22-23)7-8-14(15)12-5-3-2-4-6-12/h2-10H,1H3,(H,24,25). The summed E-state index contributed by atoms with van der Waals surface area (Å²) in [6.07, 6.45) is 1.22. The topological polar surface area (TPSA) is 93.8 Å². The molecular weight excluding hydrogens is 350 g/mol. The maximum Gasteiger partial charge on any atom is 0.356 e. The Morgan fingerprint density at radius 1 is 1.08 bits per heavy atom. The molecule has 4 rings (SSSR count). The van der Waals surface area contributed by atoms with Gasteiger partial charge in [0.15, 0.2) is 5.69 Å². The molecule has 0 fully saturated rings. The van der Waals surface area contributed by atoms with Crippen LogP contribution < -0.4 is 0 Å². The molecule has 7 nitrogen and oxygen atoms in total. The van der Waals surface area contributed by atoms with Crippen LogP contribution in [-0.2, 0) is 0 Å². The molecule has 26 heavy (non-hydrogen) atoms. The van der Waals surface area contributed by atoms with Crippen molar-refractivity contribution in [1.29, 1.82) is 0 Å². The first-order chi connectivity index (χ1) is 12.6. The molecule has 2 heterocycles. The van der Waals surface area contributed by atoms with E-state index >= 15 is 0 Å². The molecule has 0 bridgehead atoms. The lowest BCUT2D eigenvalue weighted by Gasteiger charge is -2.11. The van der Waals surface area contributed by atoms with Crippen molar-refractivity contribution in [3.05, 3.63) is 65.4 Å². The number of carbonyl (C=O) groups is 1. The number of aromatic nitrogens is 5. The lowest BCUT2D eigenvalue weighted by atomic mass is 9.99. The van der Waals surface area contributed by atoms with Crippen LogP contribution in [0.4, 0.5) is 0 Å². The lowest BCUT2D eigenvalue weighted by Crippen LogP contribution is -2.08. The minimum Gasteiger partial charge on any atom is -0.476 e. The molecule has 2 aromatic carbocycles. The van der Waals surface area contributed by atoms with Crippen LogP contribution in [0.1, 0.15) is 15.5 Å². The number of benzene rings is 2. The first-order valence-corrected chi connectivity index (χ1v) is 8.59. The molecule has 2 aromatic heterocycles. The third kappa shape index (κ3) is 2.86. The molecule has 0 spiro atoms. The molecule has 0 atom stereocenters. The van der Waals surface area contributed by atoms with Crippen molar-refractivity contribution < 1.29 is 9.90 Å². The van der Waals surface area contributed by atoms with Gasteiger partial charge in [-0.1, -0.05) is 52.9 Å². The first-order valence-electron chi connectivity index (χ1n) is 7.78.